The summed E-state index contributed by atoms with van der Waals surface area (Å²) in [6.45, 7) is 5.66. The summed E-state index contributed by atoms with van der Waals surface area (Å²) >= 11 is 0. The molecule has 17 heavy (non-hydrogen) atoms. The van der Waals surface area contributed by atoms with Gasteiger partial charge in [0.15, 0.2) is 0 Å². The van der Waals surface area contributed by atoms with Gasteiger partial charge in [-0.05, 0) is 12.1 Å². The lowest BCUT2D eigenvalue weighted by molar-refractivity contribution is -0.140. The molecule has 0 aliphatic rings. The van der Waals surface area contributed by atoms with Crippen molar-refractivity contribution in [1.29, 1.82) is 0 Å². The topological polar surface area (TPSA) is 51.2 Å². The summed E-state index contributed by atoms with van der Waals surface area (Å²) in [7, 11) is 1.40. The van der Waals surface area contributed by atoms with Crippen molar-refractivity contribution >= 4 is 5.97 Å². The Morgan fingerprint density at radius 2 is 2.24 bits per heavy atom. The van der Waals surface area contributed by atoms with E-state index < -0.39 is 0 Å². The van der Waals surface area contributed by atoms with E-state index >= 15 is 0 Å². The second-order valence-electron chi connectivity index (χ2n) is 4.60. The Bertz CT molecular complexity index is 350. The van der Waals surface area contributed by atoms with Crippen LogP contribution in [0.15, 0.2) is 24.4 Å². The molecule has 0 bridgehead atoms. The molecule has 0 fully saturated rings. The molecule has 1 heterocycles. The van der Waals surface area contributed by atoms with E-state index in [4.69, 9.17) is 0 Å². The first-order valence-electron chi connectivity index (χ1n) is 5.75. The predicted molar refractivity (Wildman–Crippen MR) is 66.8 cm³/mol. The van der Waals surface area contributed by atoms with E-state index in [1.807, 2.05) is 18.2 Å². The highest BCUT2D eigenvalue weighted by atomic mass is 16.5. The number of nitrogens with zero attached hydrogens (tertiary/aromatic N) is 1. The molecular formula is C13H20N2O2. The van der Waals surface area contributed by atoms with Crippen molar-refractivity contribution in [3.8, 4) is 0 Å². The molecule has 0 aliphatic carbocycles. The van der Waals surface area contributed by atoms with Crippen LogP contribution in [0.4, 0.5) is 0 Å². The van der Waals surface area contributed by atoms with Crippen LogP contribution in [0.2, 0.25) is 0 Å². The van der Waals surface area contributed by atoms with Crippen molar-refractivity contribution in [2.75, 3.05) is 20.2 Å². The average Bonchev–Trinajstić information content (AvgIpc) is 2.35. The van der Waals surface area contributed by atoms with Gasteiger partial charge in [0, 0.05) is 30.4 Å². The van der Waals surface area contributed by atoms with Crippen molar-refractivity contribution in [3.05, 3.63) is 30.1 Å². The third kappa shape index (κ3) is 4.53. The van der Waals surface area contributed by atoms with E-state index in [9.17, 15) is 4.79 Å². The highest BCUT2D eigenvalue weighted by molar-refractivity contribution is 5.69. The normalized spacial score (nSPS) is 11.2. The van der Waals surface area contributed by atoms with Gasteiger partial charge >= 0.3 is 5.97 Å². The van der Waals surface area contributed by atoms with Crippen molar-refractivity contribution in [1.82, 2.24) is 10.3 Å². The summed E-state index contributed by atoms with van der Waals surface area (Å²) in [4.78, 5) is 15.3. The SMILES string of the molecule is COC(=O)CCNCC(C)(C)c1ccccn1. The molecule has 1 N–H and O–H groups in total. The average molecular weight is 236 g/mol. The highest BCUT2D eigenvalue weighted by Crippen LogP contribution is 2.19. The molecule has 0 aromatic carbocycles. The summed E-state index contributed by atoms with van der Waals surface area (Å²) in [5.74, 6) is -0.187. The first-order chi connectivity index (χ1) is 8.06. The van der Waals surface area contributed by atoms with Crippen molar-refractivity contribution in [2.24, 2.45) is 0 Å². The minimum Gasteiger partial charge on any atom is -0.469 e. The third-order valence-corrected chi connectivity index (χ3v) is 2.66. The number of ether oxygens (including phenoxy) is 1. The molecule has 4 heteroatoms. The summed E-state index contributed by atoms with van der Waals surface area (Å²) < 4.78 is 4.58. The molecule has 0 saturated carbocycles. The number of carbonyl (C=O) groups is 1. The maximum absolute atomic E-state index is 10.9. The second kappa shape index (κ2) is 6.35. The second-order valence-corrected chi connectivity index (χ2v) is 4.60. The number of hydrogen-bond acceptors (Lipinski definition) is 4. The quantitative estimate of drug-likeness (QED) is 0.601. The Labute approximate surface area is 102 Å². The predicted octanol–water partition coefficient (Wildman–Crippen LogP) is 1.51. The number of pyridine rings is 1. The number of esters is 1. The van der Waals surface area contributed by atoms with Gasteiger partial charge < -0.3 is 10.1 Å². The van der Waals surface area contributed by atoms with E-state index in [1.54, 1.807) is 6.20 Å². The molecule has 0 aliphatic heterocycles. The molecular weight excluding hydrogens is 216 g/mol. The minimum absolute atomic E-state index is 0.0443. The summed E-state index contributed by atoms with van der Waals surface area (Å²) in [6, 6.07) is 5.91. The number of methoxy groups -OCH3 is 1. The Hall–Kier alpha value is -1.42. The molecule has 0 radical (unpaired) electrons. The largest absolute Gasteiger partial charge is 0.469 e. The van der Waals surface area contributed by atoms with Crippen LogP contribution in [0, 0.1) is 0 Å². The molecule has 0 atom stereocenters. The van der Waals surface area contributed by atoms with Gasteiger partial charge in [-0.2, -0.15) is 0 Å². The van der Waals surface area contributed by atoms with Gasteiger partial charge in [0.25, 0.3) is 0 Å². The van der Waals surface area contributed by atoms with Gasteiger partial charge in [-0.25, -0.2) is 0 Å². The smallest absolute Gasteiger partial charge is 0.306 e. The van der Waals surface area contributed by atoms with Crippen LogP contribution in [-0.2, 0) is 14.9 Å². The fourth-order valence-corrected chi connectivity index (χ4v) is 1.55. The monoisotopic (exact) mass is 236 g/mol. The van der Waals surface area contributed by atoms with E-state index in [-0.39, 0.29) is 11.4 Å². The fraction of sp³-hybridized carbons (Fsp3) is 0.538. The Morgan fingerprint density at radius 1 is 1.47 bits per heavy atom. The van der Waals surface area contributed by atoms with Crippen molar-refractivity contribution < 1.29 is 9.53 Å². The summed E-state index contributed by atoms with van der Waals surface area (Å²) in [6.07, 6.45) is 2.19. The summed E-state index contributed by atoms with van der Waals surface area (Å²) in [5.41, 5.74) is 1.00. The zero-order valence-corrected chi connectivity index (χ0v) is 10.7. The van der Waals surface area contributed by atoms with E-state index in [2.05, 4.69) is 28.9 Å². The molecule has 0 spiro atoms. The van der Waals surface area contributed by atoms with Crippen LogP contribution in [-0.4, -0.2) is 31.2 Å². The van der Waals surface area contributed by atoms with E-state index in [0.717, 1.165) is 12.2 Å². The van der Waals surface area contributed by atoms with Gasteiger partial charge in [0.1, 0.15) is 0 Å². The molecule has 0 amide bonds. The molecule has 0 unspecified atom stereocenters. The van der Waals surface area contributed by atoms with Crippen LogP contribution in [0.25, 0.3) is 0 Å². The molecule has 1 rings (SSSR count). The number of rotatable bonds is 6. The minimum atomic E-state index is -0.187. The Balaban J connectivity index is 2.38. The maximum atomic E-state index is 10.9. The van der Waals surface area contributed by atoms with Crippen LogP contribution in [0.3, 0.4) is 0 Å². The number of carbonyl (C=O) groups excluding carboxylic acids is 1. The van der Waals surface area contributed by atoms with Crippen LogP contribution >= 0.6 is 0 Å². The summed E-state index contributed by atoms with van der Waals surface area (Å²) in [5, 5.41) is 3.25. The Kier molecular flexibility index (Phi) is 5.10. The fourth-order valence-electron chi connectivity index (χ4n) is 1.55. The van der Waals surface area contributed by atoms with E-state index in [1.165, 1.54) is 7.11 Å². The van der Waals surface area contributed by atoms with Crippen LogP contribution in [0.1, 0.15) is 26.0 Å². The Morgan fingerprint density at radius 3 is 2.82 bits per heavy atom. The zero-order chi connectivity index (χ0) is 12.7. The number of hydrogen-bond donors (Lipinski definition) is 1. The molecule has 1 aromatic rings. The third-order valence-electron chi connectivity index (χ3n) is 2.66. The van der Waals surface area contributed by atoms with Gasteiger partial charge in [0.05, 0.1) is 13.5 Å². The molecule has 0 saturated heterocycles. The molecule has 1 aromatic heterocycles. The lowest BCUT2D eigenvalue weighted by atomic mass is 9.89. The van der Waals surface area contributed by atoms with Crippen molar-refractivity contribution in [2.45, 2.75) is 25.7 Å². The highest BCUT2D eigenvalue weighted by Gasteiger charge is 2.21. The lowest BCUT2D eigenvalue weighted by Gasteiger charge is -2.24. The lowest BCUT2D eigenvalue weighted by Crippen LogP contribution is -2.34. The van der Waals surface area contributed by atoms with E-state index in [0.29, 0.717) is 13.0 Å². The standard InChI is InChI=1S/C13H20N2O2/c1-13(2,11-6-4-5-8-15-11)10-14-9-7-12(16)17-3/h4-6,8,14H,7,9-10H2,1-3H3. The van der Waals surface area contributed by atoms with Gasteiger partial charge in [0.2, 0.25) is 0 Å². The van der Waals surface area contributed by atoms with Crippen molar-refractivity contribution in [3.63, 3.8) is 0 Å². The first-order valence-corrected chi connectivity index (χ1v) is 5.75. The maximum Gasteiger partial charge on any atom is 0.306 e. The zero-order valence-electron chi connectivity index (χ0n) is 10.7. The molecule has 94 valence electrons. The van der Waals surface area contributed by atoms with Crippen LogP contribution in [0.5, 0.6) is 0 Å². The van der Waals surface area contributed by atoms with Gasteiger partial charge in [-0.15, -0.1) is 0 Å². The first kappa shape index (κ1) is 13.6. The van der Waals surface area contributed by atoms with Gasteiger partial charge in [-0.1, -0.05) is 19.9 Å². The van der Waals surface area contributed by atoms with Crippen LogP contribution < -0.4 is 5.32 Å². The molecule has 4 nitrogen and oxygen atoms in total. The number of nitrogens with one attached hydrogen (secondary N) is 1. The number of aromatic nitrogens is 1. The van der Waals surface area contributed by atoms with Gasteiger partial charge in [-0.3, -0.25) is 9.78 Å².